The lowest BCUT2D eigenvalue weighted by Crippen LogP contribution is -2.64. The SMILES string of the molecule is Cc1ccc(S(=O)(=O)N2C[C@]3(CCCN(CC(=O)Nc4nc(-c5ccc(F)cc5)cs4)C3)OC[C@@H]2CC(C)C)cc1. The number of sulfonamides is 1. The summed E-state index contributed by atoms with van der Waals surface area (Å²) in [6.07, 6.45) is 2.24. The van der Waals surface area contributed by atoms with E-state index in [1.807, 2.05) is 29.3 Å². The van der Waals surface area contributed by atoms with Crippen LogP contribution in [0.15, 0.2) is 58.8 Å². The summed E-state index contributed by atoms with van der Waals surface area (Å²) in [6, 6.07) is 12.8. The van der Waals surface area contributed by atoms with E-state index in [2.05, 4.69) is 24.1 Å². The summed E-state index contributed by atoms with van der Waals surface area (Å²) in [5.74, 6) is -0.195. The first-order valence-electron chi connectivity index (χ1n) is 14.0. The molecule has 2 fully saturated rings. The molecule has 220 valence electrons. The highest BCUT2D eigenvalue weighted by molar-refractivity contribution is 7.89. The van der Waals surface area contributed by atoms with Crippen LogP contribution in [0.3, 0.4) is 0 Å². The monoisotopic (exact) mass is 600 g/mol. The summed E-state index contributed by atoms with van der Waals surface area (Å²) in [7, 11) is -3.73. The fourth-order valence-corrected chi connectivity index (χ4v) is 8.12. The van der Waals surface area contributed by atoms with E-state index in [1.54, 1.807) is 28.6 Å². The van der Waals surface area contributed by atoms with Crippen LogP contribution in [-0.4, -0.2) is 72.9 Å². The van der Waals surface area contributed by atoms with Crippen molar-refractivity contribution in [1.29, 1.82) is 0 Å². The van der Waals surface area contributed by atoms with Gasteiger partial charge in [0.05, 0.1) is 29.3 Å². The minimum atomic E-state index is -3.73. The first kappa shape index (κ1) is 29.8. The molecule has 2 saturated heterocycles. The third-order valence-corrected chi connectivity index (χ3v) is 10.4. The predicted octanol–water partition coefficient (Wildman–Crippen LogP) is 5.17. The van der Waals surface area contributed by atoms with Gasteiger partial charge in [-0.05, 0) is 75.0 Å². The number of nitrogens with zero attached hydrogens (tertiary/aromatic N) is 3. The molecule has 0 aliphatic carbocycles. The standard InChI is InChI=1S/C30H37FN4O4S2/c1-21(2)15-25-17-39-30(20-35(25)41(37,38)26-11-5-22(3)6-12-26)13-4-14-34(19-30)16-28(36)33-29-32-27(18-40-29)23-7-9-24(31)10-8-23/h5-12,18,21,25H,4,13-17,19-20H2,1-3H3,(H,32,33,36)/t25-,30+/m0/s1. The van der Waals surface area contributed by atoms with Gasteiger partial charge in [-0.15, -0.1) is 11.3 Å². The molecule has 2 atom stereocenters. The largest absolute Gasteiger partial charge is 0.371 e. The molecule has 41 heavy (non-hydrogen) atoms. The van der Waals surface area contributed by atoms with Gasteiger partial charge in [0.25, 0.3) is 0 Å². The molecule has 1 spiro atoms. The van der Waals surface area contributed by atoms with Crippen molar-refractivity contribution < 1.29 is 22.3 Å². The minimum Gasteiger partial charge on any atom is -0.371 e. The summed E-state index contributed by atoms with van der Waals surface area (Å²) in [6.45, 7) is 8.04. The maximum absolute atomic E-state index is 13.9. The van der Waals surface area contributed by atoms with Gasteiger partial charge in [0.2, 0.25) is 15.9 Å². The van der Waals surface area contributed by atoms with E-state index in [1.165, 1.54) is 23.5 Å². The lowest BCUT2D eigenvalue weighted by Gasteiger charge is -2.50. The van der Waals surface area contributed by atoms with Crippen LogP contribution in [0.5, 0.6) is 0 Å². The van der Waals surface area contributed by atoms with Gasteiger partial charge >= 0.3 is 0 Å². The van der Waals surface area contributed by atoms with Crippen molar-refractivity contribution in [2.75, 3.05) is 38.1 Å². The zero-order chi connectivity index (χ0) is 29.2. The molecule has 11 heteroatoms. The van der Waals surface area contributed by atoms with Crippen molar-refractivity contribution in [3.8, 4) is 11.3 Å². The van der Waals surface area contributed by atoms with E-state index >= 15 is 0 Å². The van der Waals surface area contributed by atoms with Crippen molar-refractivity contribution >= 4 is 32.4 Å². The number of morpholine rings is 1. The first-order valence-corrected chi connectivity index (χ1v) is 16.3. The Morgan fingerprint density at radius 3 is 2.61 bits per heavy atom. The quantitative estimate of drug-likeness (QED) is 0.384. The summed E-state index contributed by atoms with van der Waals surface area (Å²) >= 11 is 1.31. The number of aromatic nitrogens is 1. The number of rotatable bonds is 8. The summed E-state index contributed by atoms with van der Waals surface area (Å²) < 4.78 is 49.1. The van der Waals surface area contributed by atoms with E-state index in [9.17, 15) is 17.6 Å². The van der Waals surface area contributed by atoms with Gasteiger partial charge in [-0.2, -0.15) is 4.31 Å². The Hall–Kier alpha value is -2.70. The number of anilines is 1. The number of hydrogen-bond donors (Lipinski definition) is 1. The summed E-state index contributed by atoms with van der Waals surface area (Å²) in [5.41, 5.74) is 1.77. The number of hydrogen-bond acceptors (Lipinski definition) is 7. The molecule has 2 aliphatic heterocycles. The van der Waals surface area contributed by atoms with E-state index in [4.69, 9.17) is 4.74 Å². The number of carbonyl (C=O) groups is 1. The van der Waals surface area contributed by atoms with Crippen LogP contribution in [0.2, 0.25) is 0 Å². The number of nitrogens with one attached hydrogen (secondary N) is 1. The van der Waals surface area contributed by atoms with Crippen LogP contribution >= 0.6 is 11.3 Å². The third kappa shape index (κ3) is 7.03. The van der Waals surface area contributed by atoms with Crippen LogP contribution in [0.25, 0.3) is 11.3 Å². The second-order valence-electron chi connectivity index (χ2n) is 11.5. The molecule has 1 N–H and O–H groups in total. The van der Waals surface area contributed by atoms with Crippen molar-refractivity contribution in [2.24, 2.45) is 5.92 Å². The maximum Gasteiger partial charge on any atom is 0.243 e. The van der Waals surface area contributed by atoms with Crippen molar-refractivity contribution in [1.82, 2.24) is 14.2 Å². The average Bonchev–Trinajstić information content (AvgIpc) is 3.38. The molecule has 1 amide bonds. The zero-order valence-electron chi connectivity index (χ0n) is 23.7. The van der Waals surface area contributed by atoms with E-state index in [0.29, 0.717) is 41.2 Å². The third-order valence-electron chi connectivity index (χ3n) is 7.68. The Morgan fingerprint density at radius 2 is 1.90 bits per heavy atom. The average molecular weight is 601 g/mol. The summed E-state index contributed by atoms with van der Waals surface area (Å²) in [5, 5.41) is 5.17. The molecule has 0 unspecified atom stereocenters. The van der Waals surface area contributed by atoms with Crippen LogP contribution in [0, 0.1) is 18.7 Å². The van der Waals surface area contributed by atoms with Gasteiger partial charge < -0.3 is 10.1 Å². The predicted molar refractivity (Wildman–Crippen MR) is 159 cm³/mol. The van der Waals surface area contributed by atoms with Gasteiger partial charge in [0.1, 0.15) is 5.82 Å². The van der Waals surface area contributed by atoms with Crippen LogP contribution in [0.1, 0.15) is 38.7 Å². The highest BCUT2D eigenvalue weighted by Crippen LogP contribution is 2.35. The summed E-state index contributed by atoms with van der Waals surface area (Å²) in [4.78, 5) is 19.8. The van der Waals surface area contributed by atoms with Crippen LogP contribution < -0.4 is 5.32 Å². The number of halogens is 1. The van der Waals surface area contributed by atoms with Crippen molar-refractivity contribution in [3.05, 3.63) is 65.3 Å². The number of carbonyl (C=O) groups excluding carboxylic acids is 1. The number of thiazole rings is 1. The van der Waals surface area contributed by atoms with Gasteiger partial charge in [0, 0.05) is 30.1 Å². The highest BCUT2D eigenvalue weighted by atomic mass is 32.2. The molecule has 3 aromatic rings. The van der Waals surface area contributed by atoms with E-state index in [0.717, 1.165) is 30.5 Å². The molecular weight excluding hydrogens is 563 g/mol. The Labute approximate surface area is 245 Å². The number of aryl methyl sites for hydroxylation is 1. The Bertz CT molecular complexity index is 1460. The number of piperidine rings is 1. The van der Waals surface area contributed by atoms with Crippen molar-refractivity contribution in [2.45, 2.75) is 56.6 Å². The molecule has 0 radical (unpaired) electrons. The molecule has 8 nitrogen and oxygen atoms in total. The molecule has 3 heterocycles. The Kier molecular flexibility index (Phi) is 8.91. The Morgan fingerprint density at radius 1 is 1.17 bits per heavy atom. The molecule has 0 bridgehead atoms. The van der Waals surface area contributed by atoms with Crippen LogP contribution in [-0.2, 0) is 19.6 Å². The second-order valence-corrected chi connectivity index (χ2v) is 14.3. The van der Waals surface area contributed by atoms with Crippen LogP contribution in [0.4, 0.5) is 9.52 Å². The van der Waals surface area contributed by atoms with E-state index < -0.39 is 15.6 Å². The van der Waals surface area contributed by atoms with Gasteiger partial charge in [0.15, 0.2) is 5.13 Å². The molecule has 0 saturated carbocycles. The fraction of sp³-hybridized carbons (Fsp3) is 0.467. The molecule has 2 aliphatic rings. The Balaban J connectivity index is 1.26. The van der Waals surface area contributed by atoms with Gasteiger partial charge in [-0.25, -0.2) is 17.8 Å². The smallest absolute Gasteiger partial charge is 0.243 e. The second kappa shape index (κ2) is 12.3. The number of benzene rings is 2. The first-order chi connectivity index (χ1) is 19.5. The lowest BCUT2D eigenvalue weighted by atomic mass is 9.89. The van der Waals surface area contributed by atoms with Gasteiger partial charge in [-0.1, -0.05) is 31.5 Å². The zero-order valence-corrected chi connectivity index (χ0v) is 25.3. The van der Waals surface area contributed by atoms with Gasteiger partial charge in [-0.3, -0.25) is 9.69 Å². The fourth-order valence-electron chi connectivity index (χ4n) is 5.69. The maximum atomic E-state index is 13.9. The number of amides is 1. The molecule has 1 aromatic heterocycles. The molecular formula is C30H37FN4O4S2. The topological polar surface area (TPSA) is 91.8 Å². The molecule has 5 rings (SSSR count). The molecule has 2 aromatic carbocycles. The number of likely N-dealkylation sites (tertiary alicyclic amines) is 1. The minimum absolute atomic E-state index is 0.150. The van der Waals surface area contributed by atoms with E-state index in [-0.39, 0.29) is 30.9 Å². The number of ether oxygens (including phenoxy) is 1. The lowest BCUT2D eigenvalue weighted by molar-refractivity contribution is -0.146. The van der Waals surface area contributed by atoms with Crippen molar-refractivity contribution in [3.63, 3.8) is 0 Å². The normalized spacial score (nSPS) is 22.3. The highest BCUT2D eigenvalue weighted by Gasteiger charge is 2.47.